The Morgan fingerprint density at radius 1 is 0.970 bits per heavy atom. The van der Waals surface area contributed by atoms with E-state index < -0.39 is 6.03 Å². The van der Waals surface area contributed by atoms with Crippen LogP contribution in [0.1, 0.15) is 22.3 Å². The van der Waals surface area contributed by atoms with Gasteiger partial charge < -0.3 is 10.1 Å². The molecule has 1 saturated heterocycles. The minimum absolute atomic E-state index is 0.223. The number of hydrogen-bond acceptors (Lipinski definition) is 3. The van der Waals surface area contributed by atoms with Crippen LogP contribution >= 0.6 is 54.5 Å². The smallest absolute Gasteiger partial charge is 0.329 e. The van der Waals surface area contributed by atoms with Gasteiger partial charge in [-0.25, -0.2) is 4.79 Å². The van der Waals surface area contributed by atoms with Crippen LogP contribution in [0.3, 0.4) is 0 Å². The van der Waals surface area contributed by atoms with Crippen molar-refractivity contribution in [3.05, 3.63) is 101 Å². The number of aryl methyl sites for hydroxylation is 1. The zero-order valence-electron chi connectivity index (χ0n) is 17.6. The van der Waals surface area contributed by atoms with Gasteiger partial charge in [0, 0.05) is 3.57 Å². The number of carbonyl (C=O) groups is 2. The minimum atomic E-state index is -0.428. The maximum atomic E-state index is 12.8. The Morgan fingerprint density at radius 2 is 1.58 bits per heavy atom. The van der Waals surface area contributed by atoms with Crippen molar-refractivity contribution in [2.24, 2.45) is 0 Å². The topological polar surface area (TPSA) is 58.6 Å². The average Bonchev–Trinajstić information content (AvgIpc) is 3.03. The molecule has 0 bridgehead atoms. The van der Waals surface area contributed by atoms with Crippen LogP contribution in [0.15, 0.2) is 75.3 Å². The average molecular weight is 682 g/mol. The van der Waals surface area contributed by atoms with Crippen LogP contribution in [0, 0.1) is 10.5 Å². The molecular formula is C25H19Br2IN2O3. The first-order chi connectivity index (χ1) is 15.8. The van der Waals surface area contributed by atoms with E-state index in [1.165, 1.54) is 8.47 Å². The quantitative estimate of drug-likeness (QED) is 0.177. The Morgan fingerprint density at radius 3 is 2.21 bits per heavy atom. The van der Waals surface area contributed by atoms with Gasteiger partial charge in [-0.15, -0.1) is 0 Å². The van der Waals surface area contributed by atoms with Crippen molar-refractivity contribution < 1.29 is 14.3 Å². The molecule has 168 valence electrons. The van der Waals surface area contributed by atoms with E-state index in [1.807, 2.05) is 67.6 Å². The Balaban J connectivity index is 1.49. The third kappa shape index (κ3) is 5.85. The van der Waals surface area contributed by atoms with E-state index >= 15 is 0 Å². The van der Waals surface area contributed by atoms with Gasteiger partial charge in [0.25, 0.3) is 5.91 Å². The monoisotopic (exact) mass is 680 g/mol. The maximum absolute atomic E-state index is 12.8. The molecule has 4 rings (SSSR count). The van der Waals surface area contributed by atoms with Crippen molar-refractivity contribution in [1.82, 2.24) is 10.2 Å². The molecule has 0 aliphatic carbocycles. The highest BCUT2D eigenvalue weighted by molar-refractivity contribution is 14.1. The third-order valence-electron chi connectivity index (χ3n) is 5.05. The number of carbonyl (C=O) groups excluding carboxylic acids is 2. The van der Waals surface area contributed by atoms with Crippen molar-refractivity contribution in [3.8, 4) is 5.75 Å². The van der Waals surface area contributed by atoms with Gasteiger partial charge in [0.1, 0.15) is 18.1 Å². The molecule has 0 saturated carbocycles. The lowest BCUT2D eigenvalue weighted by Crippen LogP contribution is -2.30. The molecule has 5 nitrogen and oxygen atoms in total. The van der Waals surface area contributed by atoms with Gasteiger partial charge in [-0.05, 0) is 108 Å². The van der Waals surface area contributed by atoms with Gasteiger partial charge in [0.2, 0.25) is 0 Å². The summed E-state index contributed by atoms with van der Waals surface area (Å²) in [6, 6.07) is 19.2. The summed E-state index contributed by atoms with van der Waals surface area (Å²) in [5.41, 5.74) is 4.06. The first kappa shape index (κ1) is 24.0. The molecule has 3 aromatic rings. The molecule has 1 aliphatic rings. The number of amides is 3. The molecule has 1 aliphatic heterocycles. The van der Waals surface area contributed by atoms with Crippen LogP contribution < -0.4 is 10.1 Å². The summed E-state index contributed by atoms with van der Waals surface area (Å²) < 4.78 is 8.63. The predicted octanol–water partition coefficient (Wildman–Crippen LogP) is 6.80. The van der Waals surface area contributed by atoms with E-state index in [4.69, 9.17) is 4.74 Å². The fourth-order valence-corrected chi connectivity index (χ4v) is 5.11. The molecule has 1 N–H and O–H groups in total. The molecule has 0 unspecified atom stereocenters. The standard InChI is InChI=1S/C25H19Br2IN2O3/c1-15-2-4-16(5-3-15)13-30-24(31)22(29-25(30)32)12-18-10-20(26)23(21(27)11-18)33-14-17-6-8-19(28)9-7-17/h2-12H,13-14H2,1H3,(H,29,32)/b22-12+. The van der Waals surface area contributed by atoms with Crippen molar-refractivity contribution >= 4 is 72.5 Å². The number of nitrogens with zero attached hydrogens (tertiary/aromatic N) is 1. The summed E-state index contributed by atoms with van der Waals surface area (Å²) in [4.78, 5) is 26.4. The number of hydrogen-bond donors (Lipinski definition) is 1. The fourth-order valence-electron chi connectivity index (χ4n) is 3.29. The molecule has 8 heteroatoms. The highest BCUT2D eigenvalue weighted by atomic mass is 127. The van der Waals surface area contributed by atoms with Gasteiger partial charge >= 0.3 is 6.03 Å². The number of imide groups is 1. The van der Waals surface area contributed by atoms with Crippen LogP contribution in [0.25, 0.3) is 6.08 Å². The molecule has 3 aromatic carbocycles. The highest BCUT2D eigenvalue weighted by Crippen LogP contribution is 2.36. The van der Waals surface area contributed by atoms with Gasteiger partial charge in [0.05, 0.1) is 15.5 Å². The van der Waals surface area contributed by atoms with Gasteiger partial charge in [-0.1, -0.05) is 42.0 Å². The lowest BCUT2D eigenvalue weighted by molar-refractivity contribution is -0.123. The second-order valence-corrected chi connectivity index (χ2v) is 10.5. The van der Waals surface area contributed by atoms with E-state index in [0.717, 1.165) is 31.2 Å². The second-order valence-electron chi connectivity index (χ2n) is 7.59. The number of benzene rings is 3. The number of nitrogens with one attached hydrogen (secondary N) is 1. The van der Waals surface area contributed by atoms with Crippen LogP contribution in [-0.2, 0) is 17.9 Å². The summed E-state index contributed by atoms with van der Waals surface area (Å²) in [5.74, 6) is 0.310. The van der Waals surface area contributed by atoms with Gasteiger partial charge in [-0.3, -0.25) is 9.69 Å². The summed E-state index contributed by atoms with van der Waals surface area (Å²) >= 11 is 9.37. The van der Waals surface area contributed by atoms with Crippen molar-refractivity contribution in [2.75, 3.05) is 0 Å². The van der Waals surface area contributed by atoms with Crippen LogP contribution in [0.5, 0.6) is 5.75 Å². The maximum Gasteiger partial charge on any atom is 0.329 e. The lowest BCUT2D eigenvalue weighted by Gasteiger charge is -2.12. The van der Waals surface area contributed by atoms with Crippen LogP contribution in [0.2, 0.25) is 0 Å². The first-order valence-corrected chi connectivity index (χ1v) is 12.7. The molecule has 1 fully saturated rings. The molecule has 3 amide bonds. The molecule has 0 spiro atoms. The largest absolute Gasteiger partial charge is 0.487 e. The number of urea groups is 1. The normalized spacial score (nSPS) is 14.7. The summed E-state index contributed by atoms with van der Waals surface area (Å²) in [6.07, 6.45) is 1.66. The zero-order valence-corrected chi connectivity index (χ0v) is 22.9. The van der Waals surface area contributed by atoms with Crippen molar-refractivity contribution in [2.45, 2.75) is 20.1 Å². The number of halogens is 3. The molecule has 0 atom stereocenters. The molecule has 0 aromatic heterocycles. The summed E-state index contributed by atoms with van der Waals surface area (Å²) in [7, 11) is 0. The van der Waals surface area contributed by atoms with Gasteiger partial charge in [0.15, 0.2) is 0 Å². The summed E-state index contributed by atoms with van der Waals surface area (Å²) in [6.45, 7) is 2.64. The SMILES string of the molecule is Cc1ccc(CN2C(=O)N/C(=C/c3cc(Br)c(OCc4ccc(I)cc4)c(Br)c3)C2=O)cc1. The molecule has 0 radical (unpaired) electrons. The minimum Gasteiger partial charge on any atom is -0.487 e. The van der Waals surface area contributed by atoms with E-state index in [9.17, 15) is 9.59 Å². The molecular weight excluding hydrogens is 663 g/mol. The second kappa shape index (κ2) is 10.4. The van der Waals surface area contributed by atoms with Crippen LogP contribution in [-0.4, -0.2) is 16.8 Å². The Kier molecular flexibility index (Phi) is 7.55. The van der Waals surface area contributed by atoms with Crippen molar-refractivity contribution in [1.29, 1.82) is 0 Å². The highest BCUT2D eigenvalue weighted by Gasteiger charge is 2.33. The summed E-state index contributed by atoms with van der Waals surface area (Å²) in [5, 5.41) is 2.67. The molecule has 1 heterocycles. The van der Waals surface area contributed by atoms with E-state index in [0.29, 0.717) is 12.4 Å². The molecule has 33 heavy (non-hydrogen) atoms. The van der Waals surface area contributed by atoms with E-state index in [-0.39, 0.29) is 18.1 Å². The number of rotatable bonds is 6. The Hall–Kier alpha value is -2.17. The van der Waals surface area contributed by atoms with Gasteiger partial charge in [-0.2, -0.15) is 0 Å². The Bertz CT molecular complexity index is 1220. The van der Waals surface area contributed by atoms with E-state index in [1.54, 1.807) is 6.08 Å². The van der Waals surface area contributed by atoms with Crippen LogP contribution in [0.4, 0.5) is 4.79 Å². The third-order valence-corrected chi connectivity index (χ3v) is 6.95. The van der Waals surface area contributed by atoms with Crippen molar-refractivity contribution in [3.63, 3.8) is 0 Å². The van der Waals surface area contributed by atoms with E-state index in [2.05, 4.69) is 59.8 Å². The zero-order chi connectivity index (χ0) is 23.5. The first-order valence-electron chi connectivity index (χ1n) is 10.1. The Labute approximate surface area is 222 Å². The fraction of sp³-hybridized carbons (Fsp3) is 0.120. The number of ether oxygens (including phenoxy) is 1. The predicted molar refractivity (Wildman–Crippen MR) is 144 cm³/mol. The lowest BCUT2D eigenvalue weighted by atomic mass is 10.1.